The zero-order valence-corrected chi connectivity index (χ0v) is 16.7. The fourth-order valence-corrected chi connectivity index (χ4v) is 3.41. The maximum absolute atomic E-state index is 12.9. The van der Waals surface area contributed by atoms with Gasteiger partial charge in [-0.05, 0) is 60.5 Å². The Labute approximate surface area is 170 Å². The second-order valence-corrected chi connectivity index (χ2v) is 7.36. The van der Waals surface area contributed by atoms with E-state index in [1.54, 1.807) is 24.3 Å². The van der Waals surface area contributed by atoms with Gasteiger partial charge in [-0.25, -0.2) is 0 Å². The van der Waals surface area contributed by atoms with Crippen LogP contribution < -0.4 is 0 Å². The van der Waals surface area contributed by atoms with Crippen molar-refractivity contribution in [1.29, 1.82) is 0 Å². The predicted molar refractivity (Wildman–Crippen MR) is 111 cm³/mol. The third kappa shape index (κ3) is 5.15. The lowest BCUT2D eigenvalue weighted by molar-refractivity contribution is 0.0739. The lowest BCUT2D eigenvalue weighted by Crippen LogP contribution is -2.32. The van der Waals surface area contributed by atoms with Gasteiger partial charge in [0.15, 0.2) is 0 Å². The molecule has 140 valence electrons. The minimum Gasteiger partial charge on any atom is -0.345 e. The fourth-order valence-electron chi connectivity index (χ4n) is 3.07. The summed E-state index contributed by atoms with van der Waals surface area (Å²) in [6.07, 6.45) is 2.93. The van der Waals surface area contributed by atoms with E-state index < -0.39 is 0 Å². The first-order chi connectivity index (χ1) is 13.1. The van der Waals surface area contributed by atoms with E-state index in [0.29, 0.717) is 23.7 Å². The molecule has 0 aliphatic carbocycles. The summed E-state index contributed by atoms with van der Waals surface area (Å²) in [5.74, 6) is 0.0176. The van der Waals surface area contributed by atoms with E-state index in [1.807, 2.05) is 35.4 Å². The van der Waals surface area contributed by atoms with Crippen LogP contribution in [0.2, 0.25) is 10.0 Å². The van der Waals surface area contributed by atoms with Gasteiger partial charge in [-0.2, -0.15) is 0 Å². The summed E-state index contributed by atoms with van der Waals surface area (Å²) in [4.78, 5) is 14.8. The summed E-state index contributed by atoms with van der Waals surface area (Å²) < 4.78 is 2.16. The van der Waals surface area contributed by atoms with Crippen LogP contribution in [0.25, 0.3) is 0 Å². The maximum atomic E-state index is 12.9. The molecule has 0 saturated carbocycles. The molecule has 2 aromatic carbocycles. The molecular weight excluding hydrogens is 379 g/mol. The third-order valence-electron chi connectivity index (χ3n) is 4.39. The highest BCUT2D eigenvalue weighted by Crippen LogP contribution is 2.17. The van der Waals surface area contributed by atoms with Crippen LogP contribution >= 0.6 is 23.2 Å². The highest BCUT2D eigenvalue weighted by Gasteiger charge is 2.17. The first-order valence-corrected chi connectivity index (χ1v) is 9.75. The second kappa shape index (κ2) is 9.12. The zero-order chi connectivity index (χ0) is 19.2. The Balaban J connectivity index is 1.78. The van der Waals surface area contributed by atoms with E-state index in [9.17, 15) is 4.79 Å². The number of benzene rings is 2. The molecule has 0 fully saturated rings. The summed E-state index contributed by atoms with van der Waals surface area (Å²) in [6.45, 7) is 4.05. The zero-order valence-electron chi connectivity index (χ0n) is 15.2. The van der Waals surface area contributed by atoms with E-state index in [-0.39, 0.29) is 5.91 Å². The van der Waals surface area contributed by atoms with Crippen molar-refractivity contribution in [1.82, 2.24) is 9.47 Å². The van der Waals surface area contributed by atoms with Crippen molar-refractivity contribution in [2.45, 2.75) is 26.4 Å². The SMILES string of the molecule is CCCN(Cc1cccn1Cc1cccc(Cl)c1)C(=O)c1ccc(Cl)cc1. The van der Waals surface area contributed by atoms with E-state index in [2.05, 4.69) is 23.6 Å². The number of hydrogen-bond donors (Lipinski definition) is 0. The third-order valence-corrected chi connectivity index (χ3v) is 4.88. The van der Waals surface area contributed by atoms with Crippen molar-refractivity contribution >= 4 is 29.1 Å². The number of hydrogen-bond acceptors (Lipinski definition) is 1. The summed E-state index contributed by atoms with van der Waals surface area (Å²) >= 11 is 12.0. The lowest BCUT2D eigenvalue weighted by atomic mass is 10.2. The summed E-state index contributed by atoms with van der Waals surface area (Å²) in [5.41, 5.74) is 2.87. The van der Waals surface area contributed by atoms with Gasteiger partial charge in [-0.15, -0.1) is 0 Å². The Morgan fingerprint density at radius 2 is 1.78 bits per heavy atom. The monoisotopic (exact) mass is 400 g/mol. The van der Waals surface area contributed by atoms with Crippen LogP contribution in [-0.2, 0) is 13.1 Å². The number of carbonyl (C=O) groups is 1. The van der Waals surface area contributed by atoms with Crippen LogP contribution in [0.3, 0.4) is 0 Å². The molecule has 1 aromatic heterocycles. The Hall–Kier alpha value is -2.23. The van der Waals surface area contributed by atoms with Gasteiger partial charge >= 0.3 is 0 Å². The first-order valence-electron chi connectivity index (χ1n) is 9.00. The van der Waals surface area contributed by atoms with Crippen LogP contribution in [-0.4, -0.2) is 21.9 Å². The summed E-state index contributed by atoms with van der Waals surface area (Å²) in [5, 5.41) is 1.36. The summed E-state index contributed by atoms with van der Waals surface area (Å²) in [7, 11) is 0. The molecular formula is C22H22Cl2N2O. The van der Waals surface area contributed by atoms with Crippen molar-refractivity contribution in [2.75, 3.05) is 6.54 Å². The van der Waals surface area contributed by atoms with Crippen LogP contribution in [0.15, 0.2) is 66.9 Å². The average molecular weight is 401 g/mol. The Kier molecular flexibility index (Phi) is 6.59. The molecule has 3 nitrogen and oxygen atoms in total. The number of carbonyl (C=O) groups excluding carboxylic acids is 1. The standard InChI is InChI=1S/C22H22Cl2N2O/c1-2-12-26(22(27)18-8-10-19(23)11-9-18)16-21-7-4-13-25(21)15-17-5-3-6-20(24)14-17/h3-11,13-14H,2,12,15-16H2,1H3. The molecule has 5 heteroatoms. The van der Waals surface area contributed by atoms with E-state index in [0.717, 1.165) is 29.2 Å². The van der Waals surface area contributed by atoms with Crippen molar-refractivity contribution in [3.8, 4) is 0 Å². The van der Waals surface area contributed by atoms with Gasteiger partial charge in [-0.1, -0.05) is 42.3 Å². The Bertz CT molecular complexity index is 903. The van der Waals surface area contributed by atoms with Gasteiger partial charge in [0.25, 0.3) is 5.91 Å². The molecule has 0 aliphatic heterocycles. The van der Waals surface area contributed by atoms with Crippen LogP contribution in [0.1, 0.15) is 35.0 Å². The predicted octanol–water partition coefficient (Wildman–Crippen LogP) is 5.90. The molecule has 0 aliphatic rings. The number of halogens is 2. The van der Waals surface area contributed by atoms with Gasteiger partial charge in [0.05, 0.1) is 6.54 Å². The highest BCUT2D eigenvalue weighted by molar-refractivity contribution is 6.30. The molecule has 0 N–H and O–H groups in total. The number of rotatable bonds is 7. The maximum Gasteiger partial charge on any atom is 0.254 e. The van der Waals surface area contributed by atoms with Gasteiger partial charge in [0.1, 0.15) is 0 Å². The number of amides is 1. The van der Waals surface area contributed by atoms with E-state index in [4.69, 9.17) is 23.2 Å². The topological polar surface area (TPSA) is 25.2 Å². The van der Waals surface area contributed by atoms with Gasteiger partial charge in [0, 0.05) is 40.6 Å². The molecule has 0 radical (unpaired) electrons. The fraction of sp³-hybridized carbons (Fsp3) is 0.227. The van der Waals surface area contributed by atoms with Gasteiger partial charge in [0.2, 0.25) is 0 Å². The molecule has 3 aromatic rings. The largest absolute Gasteiger partial charge is 0.345 e. The average Bonchev–Trinajstić information content (AvgIpc) is 3.08. The highest BCUT2D eigenvalue weighted by atomic mass is 35.5. The lowest BCUT2D eigenvalue weighted by Gasteiger charge is -2.23. The smallest absolute Gasteiger partial charge is 0.254 e. The Morgan fingerprint density at radius 1 is 1.00 bits per heavy atom. The van der Waals surface area contributed by atoms with Crippen molar-refractivity contribution in [2.24, 2.45) is 0 Å². The molecule has 1 heterocycles. The minimum absolute atomic E-state index is 0.0176. The second-order valence-electron chi connectivity index (χ2n) is 6.49. The molecule has 0 bridgehead atoms. The van der Waals surface area contributed by atoms with Crippen molar-refractivity contribution in [3.05, 3.63) is 93.7 Å². The molecule has 27 heavy (non-hydrogen) atoms. The molecule has 0 atom stereocenters. The van der Waals surface area contributed by atoms with E-state index in [1.165, 1.54) is 0 Å². The first kappa shape index (κ1) is 19.5. The number of nitrogens with zero attached hydrogens (tertiary/aromatic N) is 2. The van der Waals surface area contributed by atoms with Crippen LogP contribution in [0, 0.1) is 0 Å². The molecule has 1 amide bonds. The minimum atomic E-state index is 0.0176. The van der Waals surface area contributed by atoms with Crippen molar-refractivity contribution in [3.63, 3.8) is 0 Å². The van der Waals surface area contributed by atoms with Gasteiger partial charge < -0.3 is 9.47 Å². The van der Waals surface area contributed by atoms with Crippen LogP contribution in [0.5, 0.6) is 0 Å². The quantitative estimate of drug-likeness (QED) is 0.484. The van der Waals surface area contributed by atoms with E-state index >= 15 is 0 Å². The van der Waals surface area contributed by atoms with Crippen molar-refractivity contribution < 1.29 is 4.79 Å². The van der Waals surface area contributed by atoms with Gasteiger partial charge in [-0.3, -0.25) is 4.79 Å². The molecule has 3 rings (SSSR count). The molecule has 0 saturated heterocycles. The molecule has 0 unspecified atom stereocenters. The normalized spacial score (nSPS) is 10.8. The Morgan fingerprint density at radius 3 is 2.48 bits per heavy atom. The van der Waals surface area contributed by atoms with Crippen LogP contribution in [0.4, 0.5) is 0 Å². The number of aromatic nitrogens is 1. The molecule has 0 spiro atoms. The summed E-state index contributed by atoms with van der Waals surface area (Å²) in [6, 6.07) is 19.0.